The van der Waals surface area contributed by atoms with Gasteiger partial charge in [-0.3, -0.25) is 19.7 Å². The van der Waals surface area contributed by atoms with E-state index in [0.29, 0.717) is 5.69 Å². The number of anilines is 1. The standard InChI is InChI=1S/C13H17N3O3/c1-13(2,3)16-12(19)11(18)15-10(17)8-4-6-9(14)7-5-8/h4-7H,14H2,1-3H3,(H,16,19)(H,15,17,18). The van der Waals surface area contributed by atoms with E-state index in [4.69, 9.17) is 5.73 Å². The molecule has 6 nitrogen and oxygen atoms in total. The van der Waals surface area contributed by atoms with Crippen molar-refractivity contribution in [2.75, 3.05) is 5.73 Å². The van der Waals surface area contributed by atoms with Crippen LogP contribution in [0.5, 0.6) is 0 Å². The monoisotopic (exact) mass is 263 g/mol. The fraction of sp³-hybridized carbons (Fsp3) is 0.308. The molecule has 1 aromatic rings. The first-order chi connectivity index (χ1) is 8.69. The molecule has 4 N–H and O–H groups in total. The van der Waals surface area contributed by atoms with Crippen LogP contribution in [-0.2, 0) is 9.59 Å². The molecule has 0 spiro atoms. The molecule has 1 rings (SSSR count). The van der Waals surface area contributed by atoms with Gasteiger partial charge in [0.05, 0.1) is 0 Å². The summed E-state index contributed by atoms with van der Waals surface area (Å²) < 4.78 is 0. The Labute approximate surface area is 111 Å². The van der Waals surface area contributed by atoms with Gasteiger partial charge in [-0.05, 0) is 45.0 Å². The molecule has 0 aromatic heterocycles. The second-order valence-electron chi connectivity index (χ2n) is 5.11. The highest BCUT2D eigenvalue weighted by molar-refractivity contribution is 6.38. The zero-order valence-electron chi connectivity index (χ0n) is 11.1. The Hall–Kier alpha value is -2.37. The molecule has 0 aliphatic heterocycles. The van der Waals surface area contributed by atoms with Crippen molar-refractivity contribution in [3.8, 4) is 0 Å². The number of rotatable bonds is 1. The number of hydrogen-bond acceptors (Lipinski definition) is 4. The summed E-state index contributed by atoms with van der Waals surface area (Å²) in [4.78, 5) is 34.7. The summed E-state index contributed by atoms with van der Waals surface area (Å²) >= 11 is 0. The van der Waals surface area contributed by atoms with Crippen LogP contribution in [0.2, 0.25) is 0 Å². The van der Waals surface area contributed by atoms with Crippen LogP contribution in [0.15, 0.2) is 24.3 Å². The fourth-order valence-corrected chi connectivity index (χ4v) is 1.26. The molecule has 0 saturated carbocycles. The summed E-state index contributed by atoms with van der Waals surface area (Å²) in [5.41, 5.74) is 5.70. The lowest BCUT2D eigenvalue weighted by Gasteiger charge is -2.19. The summed E-state index contributed by atoms with van der Waals surface area (Å²) in [7, 11) is 0. The van der Waals surface area contributed by atoms with Crippen LogP contribution in [0.4, 0.5) is 5.69 Å². The Kier molecular flexibility index (Phi) is 4.26. The number of nitrogens with one attached hydrogen (secondary N) is 2. The van der Waals surface area contributed by atoms with Crippen molar-refractivity contribution in [2.24, 2.45) is 0 Å². The molecule has 0 fully saturated rings. The van der Waals surface area contributed by atoms with Crippen LogP contribution in [0.25, 0.3) is 0 Å². The van der Waals surface area contributed by atoms with Crippen LogP contribution in [0.3, 0.4) is 0 Å². The number of benzene rings is 1. The Morgan fingerprint density at radius 3 is 2.00 bits per heavy atom. The summed E-state index contributed by atoms with van der Waals surface area (Å²) in [5, 5.41) is 4.47. The predicted molar refractivity (Wildman–Crippen MR) is 71.2 cm³/mol. The highest BCUT2D eigenvalue weighted by atomic mass is 16.2. The first-order valence-electron chi connectivity index (χ1n) is 5.72. The molecule has 0 radical (unpaired) electrons. The van der Waals surface area contributed by atoms with E-state index in [1.54, 1.807) is 20.8 Å². The number of nitrogens with two attached hydrogens (primary N) is 1. The average Bonchev–Trinajstić information content (AvgIpc) is 2.27. The molecule has 0 bridgehead atoms. The lowest BCUT2D eigenvalue weighted by Crippen LogP contribution is -2.49. The summed E-state index contributed by atoms with van der Waals surface area (Å²) in [5.74, 6) is -2.48. The number of imide groups is 1. The van der Waals surface area contributed by atoms with Crippen LogP contribution in [0.1, 0.15) is 31.1 Å². The van der Waals surface area contributed by atoms with Crippen molar-refractivity contribution in [3.63, 3.8) is 0 Å². The Morgan fingerprint density at radius 1 is 1.00 bits per heavy atom. The third-order valence-electron chi connectivity index (χ3n) is 2.09. The lowest BCUT2D eigenvalue weighted by atomic mass is 10.1. The molecule has 102 valence electrons. The van der Waals surface area contributed by atoms with Crippen molar-refractivity contribution < 1.29 is 14.4 Å². The van der Waals surface area contributed by atoms with E-state index < -0.39 is 23.3 Å². The second kappa shape index (κ2) is 5.51. The molecule has 0 aliphatic carbocycles. The van der Waals surface area contributed by atoms with Gasteiger partial charge in [-0.1, -0.05) is 0 Å². The zero-order chi connectivity index (χ0) is 14.6. The Balaban J connectivity index is 2.64. The molecule has 3 amide bonds. The van der Waals surface area contributed by atoms with Gasteiger partial charge < -0.3 is 11.1 Å². The molecule has 1 aromatic carbocycles. The minimum atomic E-state index is -0.989. The van der Waals surface area contributed by atoms with Crippen molar-refractivity contribution in [1.82, 2.24) is 10.6 Å². The molecule has 19 heavy (non-hydrogen) atoms. The topological polar surface area (TPSA) is 101 Å². The fourth-order valence-electron chi connectivity index (χ4n) is 1.26. The highest BCUT2D eigenvalue weighted by Crippen LogP contribution is 2.05. The first kappa shape index (κ1) is 14.7. The van der Waals surface area contributed by atoms with Crippen molar-refractivity contribution >= 4 is 23.4 Å². The van der Waals surface area contributed by atoms with E-state index in [0.717, 1.165) is 0 Å². The number of carbonyl (C=O) groups excluding carboxylic acids is 3. The largest absolute Gasteiger partial charge is 0.399 e. The number of nitrogen functional groups attached to an aromatic ring is 1. The minimum absolute atomic E-state index is 0.256. The zero-order valence-corrected chi connectivity index (χ0v) is 11.1. The van der Waals surface area contributed by atoms with E-state index in [1.807, 2.05) is 5.32 Å². The molecule has 0 heterocycles. The Bertz CT molecular complexity index is 501. The van der Waals surface area contributed by atoms with Gasteiger partial charge in [0.1, 0.15) is 0 Å². The minimum Gasteiger partial charge on any atom is -0.399 e. The third-order valence-corrected chi connectivity index (χ3v) is 2.09. The van der Waals surface area contributed by atoms with Gasteiger partial charge in [-0.25, -0.2) is 0 Å². The number of carbonyl (C=O) groups is 3. The van der Waals surface area contributed by atoms with Crippen LogP contribution < -0.4 is 16.4 Å². The van der Waals surface area contributed by atoms with Gasteiger partial charge in [-0.2, -0.15) is 0 Å². The quantitative estimate of drug-likeness (QED) is 0.505. The maximum absolute atomic E-state index is 11.7. The van der Waals surface area contributed by atoms with Crippen LogP contribution in [-0.4, -0.2) is 23.3 Å². The molecular weight excluding hydrogens is 246 g/mol. The molecule has 0 unspecified atom stereocenters. The van der Waals surface area contributed by atoms with E-state index in [2.05, 4.69) is 5.32 Å². The lowest BCUT2D eigenvalue weighted by molar-refractivity contribution is -0.139. The second-order valence-corrected chi connectivity index (χ2v) is 5.11. The molecule has 6 heteroatoms. The summed E-state index contributed by atoms with van der Waals surface area (Å²) in [6.07, 6.45) is 0. The number of hydrogen-bond donors (Lipinski definition) is 3. The van der Waals surface area contributed by atoms with Gasteiger partial charge in [0.15, 0.2) is 0 Å². The molecule has 0 saturated heterocycles. The highest BCUT2D eigenvalue weighted by Gasteiger charge is 2.22. The van der Waals surface area contributed by atoms with Crippen LogP contribution in [0, 0.1) is 0 Å². The molecule has 0 atom stereocenters. The molecule has 0 aliphatic rings. The Morgan fingerprint density at radius 2 is 1.53 bits per heavy atom. The normalized spacial score (nSPS) is 10.7. The van der Waals surface area contributed by atoms with E-state index in [9.17, 15) is 14.4 Å². The maximum Gasteiger partial charge on any atom is 0.316 e. The molecular formula is C13H17N3O3. The SMILES string of the molecule is CC(C)(C)NC(=O)C(=O)NC(=O)c1ccc(N)cc1. The average molecular weight is 263 g/mol. The third kappa shape index (κ3) is 4.79. The maximum atomic E-state index is 11.7. The van der Waals surface area contributed by atoms with Crippen LogP contribution >= 0.6 is 0 Å². The predicted octanol–water partition coefficient (Wildman–Crippen LogP) is 0.440. The van der Waals surface area contributed by atoms with Gasteiger partial charge in [0, 0.05) is 16.8 Å². The van der Waals surface area contributed by atoms with E-state index in [1.165, 1.54) is 24.3 Å². The van der Waals surface area contributed by atoms with Gasteiger partial charge in [0.25, 0.3) is 5.91 Å². The van der Waals surface area contributed by atoms with Gasteiger partial charge in [-0.15, -0.1) is 0 Å². The summed E-state index contributed by atoms with van der Waals surface area (Å²) in [6.45, 7) is 5.21. The summed E-state index contributed by atoms with van der Waals surface area (Å²) in [6, 6.07) is 6.02. The van der Waals surface area contributed by atoms with E-state index >= 15 is 0 Å². The van der Waals surface area contributed by atoms with Crippen molar-refractivity contribution in [3.05, 3.63) is 29.8 Å². The van der Waals surface area contributed by atoms with Crippen molar-refractivity contribution in [1.29, 1.82) is 0 Å². The smallest absolute Gasteiger partial charge is 0.316 e. The number of amides is 3. The van der Waals surface area contributed by atoms with E-state index in [-0.39, 0.29) is 5.56 Å². The van der Waals surface area contributed by atoms with Crippen molar-refractivity contribution in [2.45, 2.75) is 26.3 Å². The van der Waals surface area contributed by atoms with Gasteiger partial charge in [0.2, 0.25) is 0 Å². The first-order valence-corrected chi connectivity index (χ1v) is 5.72. The van der Waals surface area contributed by atoms with Gasteiger partial charge >= 0.3 is 11.8 Å².